The van der Waals surface area contributed by atoms with Gasteiger partial charge in [-0.1, -0.05) is 29.8 Å². The monoisotopic (exact) mass is 793 g/mol. The van der Waals surface area contributed by atoms with Gasteiger partial charge in [0.2, 0.25) is 16.3 Å². The lowest BCUT2D eigenvalue weighted by Gasteiger charge is -2.27. The summed E-state index contributed by atoms with van der Waals surface area (Å²) in [7, 11) is -7.18. The molecular formula is C29H32ClF3N7O10PS. The standard InChI is InChI=1S/C29H32ClF3N7O10PS/c1-16(25(42)47-13-17-7-5-6-8-20(17)29(31,32)33)37-51(44,49-19-11-9-18(30)10-12-19)50-26-22(41)28(2,43)27(48-26)40-15-36-21-23(34-14-35-24(21)40)39(3)38-52(4,45)46/h5-12,14-16,22,26-27,38,41,43H,13H2,1-4H3,(H,37,44)/t16-,22?,26?,27+,28+,51?/m0/s1. The maximum absolute atomic E-state index is 14.3. The molecule has 17 nitrogen and oxygen atoms in total. The minimum Gasteiger partial charge on any atom is -0.460 e. The van der Waals surface area contributed by atoms with E-state index in [1.807, 2.05) is 0 Å². The SMILES string of the molecule is C[C@H](NP(=O)(Oc1ccc(Cl)cc1)OC1O[C@@H](n2cnc3c(N(C)NS(C)(=O)=O)ncnc32)[C@](C)(O)C1O)C(=O)OCc1ccccc1C(F)(F)F. The van der Waals surface area contributed by atoms with Gasteiger partial charge in [0.05, 0.1) is 18.1 Å². The summed E-state index contributed by atoms with van der Waals surface area (Å²) < 4.78 is 102. The van der Waals surface area contributed by atoms with Gasteiger partial charge in [0.15, 0.2) is 23.2 Å². The second-order valence-corrected chi connectivity index (χ2v) is 15.5. The van der Waals surface area contributed by atoms with Gasteiger partial charge in [-0.15, -0.1) is 4.83 Å². The van der Waals surface area contributed by atoms with Crippen molar-refractivity contribution in [1.82, 2.24) is 29.4 Å². The van der Waals surface area contributed by atoms with Crippen LogP contribution in [0, 0.1) is 0 Å². The second kappa shape index (κ2) is 14.8. The number of rotatable bonds is 13. The average Bonchev–Trinajstić information content (AvgIpc) is 3.57. The van der Waals surface area contributed by atoms with E-state index in [1.54, 1.807) is 0 Å². The molecule has 0 radical (unpaired) electrons. The molecule has 0 aliphatic carbocycles. The number of aliphatic hydroxyl groups is 2. The first-order valence-corrected chi connectivity index (χ1v) is 18.8. The molecule has 23 heteroatoms. The quantitative estimate of drug-likeness (QED) is 0.0868. The number of nitrogens with zero attached hydrogens (tertiary/aromatic N) is 5. The number of hydrazine groups is 1. The first-order valence-electron chi connectivity index (χ1n) is 15.0. The summed E-state index contributed by atoms with van der Waals surface area (Å²) >= 11 is 5.95. The van der Waals surface area contributed by atoms with Crippen LogP contribution in [0.4, 0.5) is 19.0 Å². The highest BCUT2D eigenvalue weighted by Crippen LogP contribution is 2.51. The number of hydrogen-bond donors (Lipinski definition) is 4. The smallest absolute Gasteiger partial charge is 0.460 e. The topological polar surface area (TPSA) is 217 Å². The zero-order valence-corrected chi connectivity index (χ0v) is 30.0. The maximum Gasteiger partial charge on any atom is 0.461 e. The van der Waals surface area contributed by atoms with E-state index in [0.29, 0.717) is 5.02 Å². The van der Waals surface area contributed by atoms with Crippen molar-refractivity contribution in [3.63, 3.8) is 0 Å². The van der Waals surface area contributed by atoms with Gasteiger partial charge in [0.1, 0.15) is 36.4 Å². The molecule has 52 heavy (non-hydrogen) atoms. The summed E-state index contributed by atoms with van der Waals surface area (Å²) in [5.74, 6) is -1.21. The van der Waals surface area contributed by atoms with Crippen LogP contribution in [-0.2, 0) is 46.2 Å². The lowest BCUT2D eigenvalue weighted by atomic mass is 9.99. The van der Waals surface area contributed by atoms with E-state index in [-0.39, 0.29) is 28.3 Å². The number of sulfonamides is 1. The van der Waals surface area contributed by atoms with Crippen molar-refractivity contribution >= 4 is 52.3 Å². The van der Waals surface area contributed by atoms with E-state index < -0.39 is 72.4 Å². The molecule has 2 aromatic carbocycles. The van der Waals surface area contributed by atoms with Crippen molar-refractivity contribution in [3.05, 3.63) is 77.3 Å². The highest BCUT2D eigenvalue weighted by molar-refractivity contribution is 7.88. The van der Waals surface area contributed by atoms with Crippen LogP contribution in [0.5, 0.6) is 5.75 Å². The Morgan fingerprint density at radius 2 is 1.87 bits per heavy atom. The van der Waals surface area contributed by atoms with E-state index in [2.05, 4.69) is 24.9 Å². The number of halogens is 4. The van der Waals surface area contributed by atoms with Crippen LogP contribution in [-0.4, -0.2) is 81.5 Å². The normalized spacial score (nSPS) is 22.5. The van der Waals surface area contributed by atoms with Crippen molar-refractivity contribution in [1.29, 1.82) is 0 Å². The fourth-order valence-electron chi connectivity index (χ4n) is 5.07. The Morgan fingerprint density at radius 1 is 1.19 bits per heavy atom. The number of ether oxygens (including phenoxy) is 2. The zero-order valence-electron chi connectivity index (χ0n) is 27.6. The first-order chi connectivity index (χ1) is 24.2. The number of benzene rings is 2. The van der Waals surface area contributed by atoms with Gasteiger partial charge in [0.25, 0.3) is 0 Å². The highest BCUT2D eigenvalue weighted by Gasteiger charge is 2.56. The number of esters is 1. The number of fused-ring (bicyclic) bond motifs is 1. The van der Waals surface area contributed by atoms with Crippen LogP contribution in [0.15, 0.2) is 61.2 Å². The van der Waals surface area contributed by atoms with Crippen molar-refractivity contribution in [3.8, 4) is 5.75 Å². The van der Waals surface area contributed by atoms with Crippen molar-refractivity contribution in [2.45, 2.75) is 56.9 Å². The Labute approximate surface area is 299 Å². The number of anilines is 1. The molecule has 0 saturated carbocycles. The predicted molar refractivity (Wildman–Crippen MR) is 177 cm³/mol. The van der Waals surface area contributed by atoms with E-state index in [9.17, 15) is 41.2 Å². The van der Waals surface area contributed by atoms with Gasteiger partial charge in [-0.05, 0) is 44.2 Å². The summed E-state index contributed by atoms with van der Waals surface area (Å²) in [6.45, 7) is 1.58. The molecular weight excluding hydrogens is 762 g/mol. The largest absolute Gasteiger partial charge is 0.461 e. The van der Waals surface area contributed by atoms with Crippen molar-refractivity contribution in [2.24, 2.45) is 0 Å². The molecule has 4 aromatic rings. The molecule has 282 valence electrons. The fourth-order valence-corrected chi connectivity index (χ4v) is 7.36. The number of carbonyl (C=O) groups excluding carboxylic acids is 1. The number of imidazole rings is 1. The van der Waals surface area contributed by atoms with Gasteiger partial charge in [0, 0.05) is 17.6 Å². The Balaban J connectivity index is 1.39. The molecule has 0 spiro atoms. The molecule has 0 bridgehead atoms. The minimum absolute atomic E-state index is 0.0208. The minimum atomic E-state index is -4.83. The van der Waals surface area contributed by atoms with Gasteiger partial charge >= 0.3 is 19.9 Å². The Morgan fingerprint density at radius 3 is 2.52 bits per heavy atom. The molecule has 4 N–H and O–H groups in total. The number of hydrogen-bond acceptors (Lipinski definition) is 14. The lowest BCUT2D eigenvalue weighted by Crippen LogP contribution is -2.44. The Bertz CT molecular complexity index is 2090. The summed E-state index contributed by atoms with van der Waals surface area (Å²) in [4.78, 5) is 27.6. The van der Waals surface area contributed by atoms with E-state index in [0.717, 1.165) is 29.7 Å². The van der Waals surface area contributed by atoms with Crippen molar-refractivity contribution in [2.75, 3.05) is 18.3 Å². The molecule has 3 unspecified atom stereocenters. The maximum atomic E-state index is 14.3. The third-order valence-corrected chi connectivity index (χ3v) is 10.0. The lowest BCUT2D eigenvalue weighted by molar-refractivity contribution is -0.149. The molecule has 2 aromatic heterocycles. The summed E-state index contributed by atoms with van der Waals surface area (Å²) in [6.07, 6.45) is -6.94. The number of nitrogens with one attached hydrogen (secondary N) is 2. The van der Waals surface area contributed by atoms with Crippen molar-refractivity contribution < 1.29 is 59.7 Å². The molecule has 5 rings (SSSR count). The summed E-state index contributed by atoms with van der Waals surface area (Å²) in [6, 6.07) is 8.34. The molecule has 1 fully saturated rings. The van der Waals surface area contributed by atoms with Crippen LogP contribution in [0.1, 0.15) is 31.2 Å². The van der Waals surface area contributed by atoms with Gasteiger partial charge < -0.3 is 24.2 Å². The molecule has 3 heterocycles. The molecule has 0 amide bonds. The second-order valence-electron chi connectivity index (χ2n) is 11.7. The summed E-state index contributed by atoms with van der Waals surface area (Å²) in [5, 5.41) is 26.3. The van der Waals surface area contributed by atoms with Crippen LogP contribution in [0.2, 0.25) is 5.02 Å². The van der Waals surface area contributed by atoms with E-state index in [1.165, 1.54) is 68.2 Å². The fraction of sp³-hybridized carbons (Fsp3) is 0.379. The van der Waals surface area contributed by atoms with Crippen LogP contribution in [0.3, 0.4) is 0 Å². The predicted octanol–water partition coefficient (Wildman–Crippen LogP) is 3.29. The number of aliphatic hydroxyl groups excluding tert-OH is 1. The number of carbonyl (C=O) groups is 1. The molecule has 1 saturated heterocycles. The molecule has 1 aliphatic rings. The Hall–Kier alpha value is -3.92. The summed E-state index contributed by atoms with van der Waals surface area (Å²) in [5.41, 5.74) is -3.47. The zero-order chi connectivity index (χ0) is 38.2. The van der Waals surface area contributed by atoms with Gasteiger partial charge in [-0.25, -0.2) is 27.9 Å². The van der Waals surface area contributed by atoms with Crippen LogP contribution < -0.4 is 19.5 Å². The molecule has 1 aliphatic heterocycles. The Kier molecular flexibility index (Phi) is 11.2. The van der Waals surface area contributed by atoms with Gasteiger partial charge in [-0.3, -0.25) is 18.9 Å². The number of alkyl halides is 3. The van der Waals surface area contributed by atoms with Crippen LogP contribution >= 0.6 is 19.3 Å². The highest BCUT2D eigenvalue weighted by atomic mass is 35.5. The van der Waals surface area contributed by atoms with E-state index >= 15 is 0 Å². The first kappa shape index (κ1) is 39.3. The van der Waals surface area contributed by atoms with Crippen LogP contribution in [0.25, 0.3) is 11.2 Å². The molecule has 6 atom stereocenters. The third kappa shape index (κ3) is 8.81. The number of aromatic nitrogens is 4. The van der Waals surface area contributed by atoms with E-state index in [4.69, 9.17) is 30.1 Å². The average molecular weight is 794 g/mol. The van der Waals surface area contributed by atoms with Gasteiger partial charge in [-0.2, -0.15) is 18.3 Å². The third-order valence-electron chi connectivity index (χ3n) is 7.51.